The maximum absolute atomic E-state index is 14.3. The van der Waals surface area contributed by atoms with E-state index < -0.39 is 5.82 Å². The molecule has 0 saturated carbocycles. The van der Waals surface area contributed by atoms with Gasteiger partial charge in [0.15, 0.2) is 5.82 Å². The van der Waals surface area contributed by atoms with Crippen molar-refractivity contribution in [2.75, 3.05) is 18.4 Å². The van der Waals surface area contributed by atoms with E-state index in [4.69, 9.17) is 11.6 Å². The minimum Gasteiger partial charge on any atom is -0.339 e. The van der Waals surface area contributed by atoms with Crippen LogP contribution in [0.2, 0.25) is 5.02 Å². The fourth-order valence-corrected chi connectivity index (χ4v) is 3.75. The number of nitrogens with zero attached hydrogens (tertiary/aromatic N) is 4. The lowest BCUT2D eigenvalue weighted by atomic mass is 9.93. The van der Waals surface area contributed by atoms with E-state index in [1.54, 1.807) is 23.2 Å². The first-order valence-electron chi connectivity index (χ1n) is 9.30. The fourth-order valence-electron chi connectivity index (χ4n) is 3.57. The molecule has 0 bridgehead atoms. The third kappa shape index (κ3) is 3.91. The van der Waals surface area contributed by atoms with Gasteiger partial charge < -0.3 is 10.2 Å². The standard InChI is InChI=1S/C21H19ClFN5O/c1-2-19(29)28-8-4-5-13(11-28)17-9-14-18(10-24-17)25-12-26-21(14)27-16-7-3-6-15(22)20(16)23/h2-3,6-7,9-10,12-13H,1,4-5,8,11H2,(H,25,26,27)/t13-/m1/s1. The molecule has 1 fully saturated rings. The lowest BCUT2D eigenvalue weighted by molar-refractivity contribution is -0.127. The molecule has 3 aromatic rings. The number of benzene rings is 1. The van der Waals surface area contributed by atoms with Crippen molar-refractivity contribution in [3.05, 3.63) is 66.0 Å². The Morgan fingerprint density at radius 1 is 1.34 bits per heavy atom. The zero-order valence-corrected chi connectivity index (χ0v) is 16.4. The van der Waals surface area contributed by atoms with E-state index >= 15 is 0 Å². The molecule has 1 aliphatic rings. The number of nitrogens with one attached hydrogen (secondary N) is 1. The van der Waals surface area contributed by atoms with E-state index in [-0.39, 0.29) is 22.5 Å². The predicted molar refractivity (Wildman–Crippen MR) is 111 cm³/mol. The van der Waals surface area contributed by atoms with Crippen LogP contribution in [0.25, 0.3) is 10.9 Å². The second kappa shape index (κ2) is 8.13. The van der Waals surface area contributed by atoms with Gasteiger partial charge in [-0.2, -0.15) is 0 Å². The van der Waals surface area contributed by atoms with Crippen molar-refractivity contribution in [1.29, 1.82) is 0 Å². The van der Waals surface area contributed by atoms with Crippen molar-refractivity contribution >= 4 is 39.9 Å². The molecule has 6 nitrogen and oxygen atoms in total. The third-order valence-corrected chi connectivity index (χ3v) is 5.37. The molecule has 1 aliphatic heterocycles. The number of halogens is 2. The zero-order valence-electron chi connectivity index (χ0n) is 15.6. The number of anilines is 2. The molecule has 0 aliphatic carbocycles. The average Bonchev–Trinajstić information content (AvgIpc) is 2.76. The molecule has 0 spiro atoms. The van der Waals surface area contributed by atoms with Crippen molar-refractivity contribution in [3.63, 3.8) is 0 Å². The van der Waals surface area contributed by atoms with Crippen molar-refractivity contribution < 1.29 is 9.18 Å². The summed E-state index contributed by atoms with van der Waals surface area (Å²) in [6.07, 6.45) is 6.25. The van der Waals surface area contributed by atoms with E-state index in [0.717, 1.165) is 30.5 Å². The maximum atomic E-state index is 14.3. The molecule has 1 amide bonds. The van der Waals surface area contributed by atoms with Crippen molar-refractivity contribution in [1.82, 2.24) is 19.9 Å². The molecule has 1 N–H and O–H groups in total. The largest absolute Gasteiger partial charge is 0.339 e. The quantitative estimate of drug-likeness (QED) is 0.642. The Morgan fingerprint density at radius 3 is 3.03 bits per heavy atom. The van der Waals surface area contributed by atoms with E-state index in [2.05, 4.69) is 26.8 Å². The second-order valence-electron chi connectivity index (χ2n) is 6.90. The van der Waals surface area contributed by atoms with Crippen LogP contribution in [0.3, 0.4) is 0 Å². The first-order valence-corrected chi connectivity index (χ1v) is 9.67. The van der Waals surface area contributed by atoms with Gasteiger partial charge in [-0.3, -0.25) is 9.78 Å². The molecule has 3 heterocycles. The number of amides is 1. The van der Waals surface area contributed by atoms with Crippen LogP contribution in [0.4, 0.5) is 15.9 Å². The Morgan fingerprint density at radius 2 is 2.21 bits per heavy atom. The molecule has 1 atom stereocenters. The molecule has 148 valence electrons. The van der Waals surface area contributed by atoms with E-state index in [0.29, 0.717) is 17.9 Å². The van der Waals surface area contributed by atoms with Crippen LogP contribution in [0.1, 0.15) is 24.5 Å². The van der Waals surface area contributed by atoms with E-state index in [9.17, 15) is 9.18 Å². The number of aromatic nitrogens is 3. The predicted octanol–water partition coefficient (Wildman–Crippen LogP) is 4.45. The third-order valence-electron chi connectivity index (χ3n) is 5.07. The summed E-state index contributed by atoms with van der Waals surface area (Å²) >= 11 is 5.88. The summed E-state index contributed by atoms with van der Waals surface area (Å²) < 4.78 is 14.3. The van der Waals surface area contributed by atoms with Gasteiger partial charge in [0.2, 0.25) is 5.91 Å². The molecule has 1 saturated heterocycles. The lowest BCUT2D eigenvalue weighted by Crippen LogP contribution is -2.38. The Labute approximate surface area is 172 Å². The highest BCUT2D eigenvalue weighted by molar-refractivity contribution is 6.31. The molecule has 29 heavy (non-hydrogen) atoms. The van der Waals surface area contributed by atoms with Crippen LogP contribution in [0.15, 0.2) is 49.4 Å². The van der Waals surface area contributed by atoms with Gasteiger partial charge in [-0.25, -0.2) is 14.4 Å². The van der Waals surface area contributed by atoms with Gasteiger partial charge in [-0.05, 0) is 37.1 Å². The second-order valence-corrected chi connectivity index (χ2v) is 7.31. The van der Waals surface area contributed by atoms with Crippen molar-refractivity contribution in [2.45, 2.75) is 18.8 Å². The molecule has 4 rings (SSSR count). The van der Waals surface area contributed by atoms with Crippen LogP contribution >= 0.6 is 11.6 Å². The average molecular weight is 412 g/mol. The van der Waals surface area contributed by atoms with Crippen LogP contribution in [-0.4, -0.2) is 38.8 Å². The smallest absolute Gasteiger partial charge is 0.245 e. The highest BCUT2D eigenvalue weighted by Gasteiger charge is 2.25. The molecule has 2 aromatic heterocycles. The minimum absolute atomic E-state index is 0.0323. The number of rotatable bonds is 4. The molecule has 0 radical (unpaired) electrons. The number of pyridine rings is 1. The highest BCUT2D eigenvalue weighted by atomic mass is 35.5. The number of hydrogen-bond acceptors (Lipinski definition) is 5. The number of carbonyl (C=O) groups excluding carboxylic acids is 1. The number of likely N-dealkylation sites (tertiary alicyclic amines) is 1. The minimum atomic E-state index is -0.541. The Kier molecular flexibility index (Phi) is 5.40. The topological polar surface area (TPSA) is 71.0 Å². The van der Waals surface area contributed by atoms with Gasteiger partial charge in [0.05, 0.1) is 22.4 Å². The lowest BCUT2D eigenvalue weighted by Gasteiger charge is -2.31. The van der Waals surface area contributed by atoms with Gasteiger partial charge in [-0.15, -0.1) is 0 Å². The normalized spacial score (nSPS) is 16.6. The van der Waals surface area contributed by atoms with Gasteiger partial charge >= 0.3 is 0 Å². The van der Waals surface area contributed by atoms with Crippen molar-refractivity contribution in [2.24, 2.45) is 0 Å². The fraction of sp³-hybridized carbons (Fsp3) is 0.238. The summed E-state index contributed by atoms with van der Waals surface area (Å²) in [4.78, 5) is 26.9. The Bertz CT molecular complexity index is 1090. The Hall–Kier alpha value is -3.06. The van der Waals surface area contributed by atoms with Crippen LogP contribution in [-0.2, 0) is 4.79 Å². The summed E-state index contributed by atoms with van der Waals surface area (Å²) in [5.74, 6) is -0.0404. The molecular weight excluding hydrogens is 393 g/mol. The van der Waals surface area contributed by atoms with E-state index in [1.807, 2.05) is 6.07 Å². The SMILES string of the molecule is C=CC(=O)N1CCC[C@@H](c2cc3c(Nc4cccc(Cl)c4F)ncnc3cn2)C1. The number of piperidine rings is 1. The summed E-state index contributed by atoms with van der Waals surface area (Å²) in [5, 5.41) is 3.76. The van der Waals surface area contributed by atoms with Gasteiger partial charge in [0.1, 0.15) is 12.1 Å². The summed E-state index contributed by atoms with van der Waals surface area (Å²) in [7, 11) is 0. The number of fused-ring (bicyclic) bond motifs is 1. The number of hydrogen-bond donors (Lipinski definition) is 1. The summed E-state index contributed by atoms with van der Waals surface area (Å²) in [6, 6.07) is 6.66. The van der Waals surface area contributed by atoms with Gasteiger partial charge in [-0.1, -0.05) is 24.2 Å². The molecular formula is C21H19ClFN5O. The summed E-state index contributed by atoms with van der Waals surface area (Å²) in [6.45, 7) is 4.87. The Balaban J connectivity index is 1.68. The van der Waals surface area contributed by atoms with E-state index in [1.165, 1.54) is 18.5 Å². The first kappa shape index (κ1) is 19.3. The van der Waals surface area contributed by atoms with Crippen LogP contribution in [0.5, 0.6) is 0 Å². The molecule has 8 heteroatoms. The van der Waals surface area contributed by atoms with Crippen molar-refractivity contribution in [3.8, 4) is 0 Å². The number of carbonyl (C=O) groups is 1. The van der Waals surface area contributed by atoms with Gasteiger partial charge in [0, 0.05) is 30.1 Å². The zero-order chi connectivity index (χ0) is 20.4. The highest BCUT2D eigenvalue weighted by Crippen LogP contribution is 2.31. The summed E-state index contributed by atoms with van der Waals surface area (Å²) in [5.41, 5.74) is 1.73. The van der Waals surface area contributed by atoms with Crippen LogP contribution < -0.4 is 5.32 Å². The monoisotopic (exact) mass is 411 g/mol. The van der Waals surface area contributed by atoms with Crippen LogP contribution in [0, 0.1) is 5.82 Å². The van der Waals surface area contributed by atoms with Gasteiger partial charge in [0.25, 0.3) is 0 Å². The first-order chi connectivity index (χ1) is 14.1. The molecule has 1 aromatic carbocycles. The molecule has 0 unspecified atom stereocenters. The maximum Gasteiger partial charge on any atom is 0.245 e.